The second-order valence-electron chi connectivity index (χ2n) is 12.7. The summed E-state index contributed by atoms with van der Waals surface area (Å²) in [5, 5.41) is 2.84. The van der Waals surface area contributed by atoms with Crippen LogP contribution < -0.4 is 15.0 Å². The molecule has 238 valence electrons. The molecule has 3 rings (SSSR count). The summed E-state index contributed by atoms with van der Waals surface area (Å²) in [4.78, 5) is 33.7. The van der Waals surface area contributed by atoms with Gasteiger partial charge in [0.05, 0.1) is 22.1 Å². The molecular formula is C37H50ClN3O3. The largest absolute Gasteiger partial charge is 0.480 e. The fraction of sp³-hybridized carbons (Fsp3) is 0.486. The van der Waals surface area contributed by atoms with Gasteiger partial charge in [0.15, 0.2) is 6.10 Å². The number of aliphatic imine (C=N–C) groups is 1. The van der Waals surface area contributed by atoms with E-state index in [9.17, 15) is 9.59 Å². The number of hydrogen-bond acceptors (Lipinski definition) is 5. The molecule has 2 aromatic carbocycles. The zero-order valence-electron chi connectivity index (χ0n) is 28.2. The molecule has 1 aliphatic rings. The first-order valence-electron chi connectivity index (χ1n) is 15.9. The van der Waals surface area contributed by atoms with Crippen molar-refractivity contribution in [2.24, 2.45) is 4.99 Å². The van der Waals surface area contributed by atoms with Crippen LogP contribution in [-0.4, -0.2) is 36.6 Å². The van der Waals surface area contributed by atoms with Crippen LogP contribution in [0.15, 0.2) is 69.8 Å². The van der Waals surface area contributed by atoms with Gasteiger partial charge in [-0.1, -0.05) is 72.2 Å². The Kier molecular flexibility index (Phi) is 11.6. The first-order valence-corrected chi connectivity index (χ1v) is 16.3. The Morgan fingerprint density at radius 1 is 0.955 bits per heavy atom. The van der Waals surface area contributed by atoms with Crippen molar-refractivity contribution in [3.63, 3.8) is 0 Å². The number of hydrogen-bond donors (Lipinski definition) is 1. The van der Waals surface area contributed by atoms with Crippen LogP contribution in [-0.2, 0) is 20.4 Å². The standard InChI is InChI=1S/C37H50ClN3O3/c1-11-31(44-32-21-16-25(36(7,8)12-2)22-28(32)37(9,10)13-3)35(43)40-30-23-29(24(6)33(38)34(30)42)39-26-17-19-27(20-18-26)41(14-4)15-5/h16-23,31H,11-15H2,1-10H3,(H,40,43). The van der Waals surface area contributed by atoms with Gasteiger partial charge in [0.2, 0.25) is 5.78 Å². The maximum absolute atomic E-state index is 13.6. The van der Waals surface area contributed by atoms with Crippen LogP contribution in [0.2, 0.25) is 0 Å². The Bertz CT molecular complexity index is 1450. The summed E-state index contributed by atoms with van der Waals surface area (Å²) in [7, 11) is 0. The predicted molar refractivity (Wildman–Crippen MR) is 185 cm³/mol. The van der Waals surface area contributed by atoms with E-state index in [0.29, 0.717) is 23.5 Å². The third-order valence-corrected chi connectivity index (χ3v) is 9.57. The summed E-state index contributed by atoms with van der Waals surface area (Å²) >= 11 is 6.47. The molecule has 44 heavy (non-hydrogen) atoms. The molecule has 1 aliphatic carbocycles. The van der Waals surface area contributed by atoms with E-state index in [1.165, 1.54) is 5.56 Å². The topological polar surface area (TPSA) is 71.0 Å². The molecule has 1 unspecified atom stereocenters. The highest BCUT2D eigenvalue weighted by molar-refractivity contribution is 6.49. The Hall–Kier alpha value is -3.38. The van der Waals surface area contributed by atoms with E-state index in [1.54, 1.807) is 13.0 Å². The van der Waals surface area contributed by atoms with Crippen LogP contribution in [0.25, 0.3) is 0 Å². The van der Waals surface area contributed by atoms with E-state index in [-0.39, 0.29) is 21.6 Å². The molecule has 1 N–H and O–H groups in total. The molecule has 1 amide bonds. The Labute approximate surface area is 269 Å². The van der Waals surface area contributed by atoms with Gasteiger partial charge in [0.1, 0.15) is 5.75 Å². The van der Waals surface area contributed by atoms with Gasteiger partial charge >= 0.3 is 0 Å². The van der Waals surface area contributed by atoms with Gasteiger partial charge in [0.25, 0.3) is 5.91 Å². The van der Waals surface area contributed by atoms with E-state index >= 15 is 0 Å². The van der Waals surface area contributed by atoms with E-state index in [4.69, 9.17) is 21.3 Å². The van der Waals surface area contributed by atoms with E-state index in [1.807, 2.05) is 37.3 Å². The number of carbonyl (C=O) groups excluding carboxylic acids is 2. The molecule has 7 heteroatoms. The fourth-order valence-corrected chi connectivity index (χ4v) is 5.25. The summed E-state index contributed by atoms with van der Waals surface area (Å²) in [5.74, 6) is -0.165. The Morgan fingerprint density at radius 2 is 1.57 bits per heavy atom. The van der Waals surface area contributed by atoms with Crippen molar-refractivity contribution in [3.8, 4) is 5.75 Å². The van der Waals surface area contributed by atoms with Gasteiger partial charge in [0, 0.05) is 24.3 Å². The van der Waals surface area contributed by atoms with Crippen LogP contribution in [0, 0.1) is 0 Å². The monoisotopic (exact) mass is 619 g/mol. The maximum Gasteiger partial charge on any atom is 0.265 e. The number of Topliss-reactive ketones (excluding diaryl/α,β-unsaturated/α-hetero) is 1. The van der Waals surface area contributed by atoms with Crippen LogP contribution in [0.1, 0.15) is 99.6 Å². The highest BCUT2D eigenvalue weighted by Crippen LogP contribution is 2.39. The third-order valence-electron chi connectivity index (χ3n) is 9.11. The summed E-state index contributed by atoms with van der Waals surface area (Å²) < 4.78 is 6.41. The summed E-state index contributed by atoms with van der Waals surface area (Å²) in [6.45, 7) is 22.9. The Balaban J connectivity index is 1.90. The lowest BCUT2D eigenvalue weighted by Crippen LogP contribution is -2.40. The van der Waals surface area contributed by atoms with Crippen molar-refractivity contribution in [3.05, 3.63) is 76.0 Å². The molecule has 0 spiro atoms. The number of anilines is 1. The van der Waals surface area contributed by atoms with Crippen molar-refractivity contribution in [2.45, 2.75) is 105 Å². The van der Waals surface area contributed by atoms with Gasteiger partial charge in [-0.05, 0) is 98.4 Å². The van der Waals surface area contributed by atoms with Crippen molar-refractivity contribution in [1.82, 2.24) is 5.32 Å². The van der Waals surface area contributed by atoms with Gasteiger partial charge in [-0.15, -0.1) is 0 Å². The summed E-state index contributed by atoms with van der Waals surface area (Å²) in [6, 6.07) is 14.2. The molecule has 0 aliphatic heterocycles. The minimum atomic E-state index is -0.807. The third kappa shape index (κ3) is 7.82. The lowest BCUT2D eigenvalue weighted by molar-refractivity contribution is -0.128. The number of nitrogens with zero attached hydrogens (tertiary/aromatic N) is 2. The zero-order chi connectivity index (χ0) is 32.8. The highest BCUT2D eigenvalue weighted by Gasteiger charge is 2.31. The lowest BCUT2D eigenvalue weighted by atomic mass is 9.76. The van der Waals surface area contributed by atoms with E-state index in [2.05, 4.69) is 77.7 Å². The number of ketones is 1. The molecule has 2 aromatic rings. The Morgan fingerprint density at radius 3 is 2.11 bits per heavy atom. The van der Waals surface area contributed by atoms with Crippen molar-refractivity contribution < 1.29 is 14.3 Å². The minimum absolute atomic E-state index is 0.0179. The van der Waals surface area contributed by atoms with Crippen molar-refractivity contribution >= 4 is 40.4 Å². The SMILES string of the molecule is CCC(Oc1ccc(C(C)(C)CC)cc1C(C)(C)CC)C(=O)NC1=CC(=Nc2ccc(N(CC)CC)cc2)C(C)=C(Cl)C1=O. The lowest BCUT2D eigenvalue weighted by Gasteiger charge is -2.31. The predicted octanol–water partition coefficient (Wildman–Crippen LogP) is 8.93. The van der Waals surface area contributed by atoms with Gasteiger partial charge in [-0.3, -0.25) is 9.59 Å². The number of carbonyl (C=O) groups is 2. The first kappa shape index (κ1) is 35.1. The molecule has 0 saturated carbocycles. The van der Waals surface area contributed by atoms with Crippen LogP contribution in [0.3, 0.4) is 0 Å². The maximum atomic E-state index is 13.6. The second-order valence-corrected chi connectivity index (χ2v) is 13.1. The summed E-state index contributed by atoms with van der Waals surface area (Å²) in [6.07, 6.45) is 3.13. The first-order chi connectivity index (χ1) is 20.7. The fourth-order valence-electron chi connectivity index (χ4n) is 5.05. The number of benzene rings is 2. The van der Waals surface area contributed by atoms with Crippen molar-refractivity contribution in [2.75, 3.05) is 18.0 Å². The second kappa shape index (κ2) is 14.6. The highest BCUT2D eigenvalue weighted by atomic mass is 35.5. The number of ether oxygens (including phenoxy) is 1. The molecule has 1 atom stereocenters. The zero-order valence-corrected chi connectivity index (χ0v) is 29.0. The number of allylic oxidation sites excluding steroid dienone is 3. The minimum Gasteiger partial charge on any atom is -0.480 e. The molecular weight excluding hydrogens is 570 g/mol. The number of nitrogens with one attached hydrogen (secondary N) is 1. The van der Waals surface area contributed by atoms with Crippen LogP contribution >= 0.6 is 11.6 Å². The van der Waals surface area contributed by atoms with Crippen LogP contribution in [0.4, 0.5) is 11.4 Å². The quantitative estimate of drug-likeness (QED) is 0.227. The number of amides is 1. The van der Waals surface area contributed by atoms with Gasteiger partial charge in [-0.2, -0.15) is 0 Å². The van der Waals surface area contributed by atoms with Gasteiger partial charge < -0.3 is 15.0 Å². The van der Waals surface area contributed by atoms with Crippen LogP contribution in [0.5, 0.6) is 5.75 Å². The molecule has 0 aromatic heterocycles. The average molecular weight is 620 g/mol. The van der Waals surface area contributed by atoms with E-state index in [0.717, 1.165) is 42.9 Å². The molecule has 0 bridgehead atoms. The smallest absolute Gasteiger partial charge is 0.265 e. The van der Waals surface area contributed by atoms with E-state index < -0.39 is 17.8 Å². The average Bonchev–Trinajstić information content (AvgIpc) is 3.02. The molecule has 0 saturated heterocycles. The normalized spacial score (nSPS) is 15.8. The van der Waals surface area contributed by atoms with Gasteiger partial charge in [-0.25, -0.2) is 4.99 Å². The molecule has 6 nitrogen and oxygen atoms in total. The molecule has 0 heterocycles. The number of rotatable bonds is 13. The number of halogens is 1. The summed E-state index contributed by atoms with van der Waals surface area (Å²) in [5.41, 5.74) is 5.19. The molecule has 0 radical (unpaired) electrons. The molecule has 0 fully saturated rings. The van der Waals surface area contributed by atoms with Crippen molar-refractivity contribution in [1.29, 1.82) is 0 Å².